The van der Waals surface area contributed by atoms with Gasteiger partial charge in [0.05, 0.1) is 6.61 Å². The summed E-state index contributed by atoms with van der Waals surface area (Å²) in [5.74, 6) is 0.599. The highest BCUT2D eigenvalue weighted by Crippen LogP contribution is 2.12. The van der Waals surface area contributed by atoms with Crippen LogP contribution in [0.2, 0.25) is 0 Å². The third kappa shape index (κ3) is 7.68. The second kappa shape index (κ2) is 9.87. The van der Waals surface area contributed by atoms with Crippen molar-refractivity contribution in [2.75, 3.05) is 11.9 Å². The highest BCUT2D eigenvalue weighted by atomic mass is 16.5. The van der Waals surface area contributed by atoms with Gasteiger partial charge in [-0.25, -0.2) is 4.79 Å². The fourth-order valence-electron chi connectivity index (χ4n) is 2.20. The Morgan fingerprint density at radius 3 is 2.30 bits per heavy atom. The van der Waals surface area contributed by atoms with Gasteiger partial charge in [0.25, 0.3) is 5.91 Å². The van der Waals surface area contributed by atoms with Crippen LogP contribution in [-0.4, -0.2) is 24.6 Å². The van der Waals surface area contributed by atoms with E-state index < -0.39 is 6.09 Å². The first kappa shape index (κ1) is 19.0. The standard InChI is InChI=1S/C18H28N2O3/c1-5-23-18(22)20-16-11-9-15(10-12-16)17(21)19-14(4)8-6-7-13(2)3/h9-14H,5-8H2,1-4H3,(H,19,21)(H,20,22). The molecule has 0 heterocycles. The monoisotopic (exact) mass is 320 g/mol. The van der Waals surface area contributed by atoms with Crippen LogP contribution in [0.4, 0.5) is 10.5 Å². The molecule has 1 unspecified atom stereocenters. The fourth-order valence-corrected chi connectivity index (χ4v) is 2.20. The quantitative estimate of drug-likeness (QED) is 0.754. The van der Waals surface area contributed by atoms with E-state index in [9.17, 15) is 9.59 Å². The van der Waals surface area contributed by atoms with E-state index in [1.807, 2.05) is 6.92 Å². The summed E-state index contributed by atoms with van der Waals surface area (Å²) in [4.78, 5) is 23.5. The molecule has 0 aromatic heterocycles. The molecule has 0 radical (unpaired) electrons. The number of amides is 2. The maximum absolute atomic E-state index is 12.2. The van der Waals surface area contributed by atoms with Gasteiger partial charge in [-0.1, -0.05) is 26.7 Å². The summed E-state index contributed by atoms with van der Waals surface area (Å²) in [5, 5.41) is 5.59. The number of rotatable bonds is 8. The van der Waals surface area contributed by atoms with Crippen molar-refractivity contribution in [3.63, 3.8) is 0 Å². The highest BCUT2D eigenvalue weighted by molar-refractivity contribution is 5.95. The summed E-state index contributed by atoms with van der Waals surface area (Å²) in [5.41, 5.74) is 1.18. The number of benzene rings is 1. The fraction of sp³-hybridized carbons (Fsp3) is 0.556. The van der Waals surface area contributed by atoms with Gasteiger partial charge in [-0.2, -0.15) is 0 Å². The van der Waals surface area contributed by atoms with Crippen LogP contribution in [0.5, 0.6) is 0 Å². The summed E-state index contributed by atoms with van der Waals surface area (Å²) in [6.45, 7) is 8.50. The molecule has 0 bridgehead atoms. The van der Waals surface area contributed by atoms with Crippen LogP contribution >= 0.6 is 0 Å². The Morgan fingerprint density at radius 2 is 1.74 bits per heavy atom. The van der Waals surface area contributed by atoms with Gasteiger partial charge in [-0.05, 0) is 50.5 Å². The second-order valence-electron chi connectivity index (χ2n) is 6.12. The Hall–Kier alpha value is -2.04. The molecule has 0 aliphatic carbocycles. The van der Waals surface area contributed by atoms with Crippen molar-refractivity contribution in [1.29, 1.82) is 0 Å². The van der Waals surface area contributed by atoms with Crippen LogP contribution in [0, 0.1) is 5.92 Å². The highest BCUT2D eigenvalue weighted by Gasteiger charge is 2.10. The molecule has 1 rings (SSSR count). The van der Waals surface area contributed by atoms with Gasteiger partial charge in [0.2, 0.25) is 0 Å². The van der Waals surface area contributed by atoms with Gasteiger partial charge in [-0.3, -0.25) is 10.1 Å². The van der Waals surface area contributed by atoms with Gasteiger partial charge in [-0.15, -0.1) is 0 Å². The first-order chi connectivity index (χ1) is 10.9. The van der Waals surface area contributed by atoms with Gasteiger partial charge in [0.15, 0.2) is 0 Å². The summed E-state index contributed by atoms with van der Waals surface area (Å²) in [7, 11) is 0. The van der Waals surface area contributed by atoms with Crippen molar-refractivity contribution in [3.05, 3.63) is 29.8 Å². The Balaban J connectivity index is 2.45. The van der Waals surface area contributed by atoms with Crippen LogP contribution in [0.1, 0.15) is 57.3 Å². The number of hydrogen-bond donors (Lipinski definition) is 2. The number of hydrogen-bond acceptors (Lipinski definition) is 3. The Labute approximate surface area is 138 Å². The van der Waals surface area contributed by atoms with E-state index in [1.165, 1.54) is 6.42 Å². The van der Waals surface area contributed by atoms with E-state index in [4.69, 9.17) is 4.74 Å². The number of carbonyl (C=O) groups excluding carboxylic acids is 2. The minimum Gasteiger partial charge on any atom is -0.450 e. The minimum atomic E-state index is -0.497. The number of anilines is 1. The van der Waals surface area contributed by atoms with E-state index in [0.29, 0.717) is 23.8 Å². The van der Waals surface area contributed by atoms with E-state index in [0.717, 1.165) is 12.8 Å². The first-order valence-corrected chi connectivity index (χ1v) is 8.27. The Kier molecular flexibility index (Phi) is 8.16. The van der Waals surface area contributed by atoms with Gasteiger partial charge in [0, 0.05) is 17.3 Å². The molecule has 0 aliphatic rings. The number of ether oxygens (including phenoxy) is 1. The number of nitrogens with one attached hydrogen (secondary N) is 2. The largest absolute Gasteiger partial charge is 0.450 e. The van der Waals surface area contributed by atoms with Crippen LogP contribution in [0.15, 0.2) is 24.3 Å². The Morgan fingerprint density at radius 1 is 1.09 bits per heavy atom. The minimum absolute atomic E-state index is 0.0928. The molecule has 0 aliphatic heterocycles. The predicted molar refractivity (Wildman–Crippen MR) is 92.7 cm³/mol. The van der Waals surface area contributed by atoms with E-state index in [2.05, 4.69) is 24.5 Å². The molecule has 1 atom stereocenters. The molecule has 2 amide bonds. The Bertz CT molecular complexity index is 497. The molecule has 0 saturated heterocycles. The SMILES string of the molecule is CCOC(=O)Nc1ccc(C(=O)NC(C)CCCC(C)C)cc1. The second-order valence-corrected chi connectivity index (χ2v) is 6.12. The smallest absolute Gasteiger partial charge is 0.411 e. The molecule has 1 aromatic carbocycles. The van der Waals surface area contributed by atoms with Crippen molar-refractivity contribution < 1.29 is 14.3 Å². The van der Waals surface area contributed by atoms with Gasteiger partial charge >= 0.3 is 6.09 Å². The van der Waals surface area contributed by atoms with Crippen molar-refractivity contribution in [2.45, 2.75) is 53.0 Å². The van der Waals surface area contributed by atoms with E-state index in [-0.39, 0.29) is 11.9 Å². The molecule has 23 heavy (non-hydrogen) atoms. The average molecular weight is 320 g/mol. The zero-order valence-electron chi connectivity index (χ0n) is 14.5. The zero-order valence-corrected chi connectivity index (χ0v) is 14.5. The molecule has 2 N–H and O–H groups in total. The van der Waals surface area contributed by atoms with Crippen LogP contribution < -0.4 is 10.6 Å². The summed E-state index contributed by atoms with van der Waals surface area (Å²) >= 11 is 0. The lowest BCUT2D eigenvalue weighted by molar-refractivity contribution is 0.0937. The van der Waals surface area contributed by atoms with Gasteiger partial charge < -0.3 is 10.1 Å². The lowest BCUT2D eigenvalue weighted by atomic mass is 10.0. The van der Waals surface area contributed by atoms with Crippen molar-refractivity contribution in [2.24, 2.45) is 5.92 Å². The normalized spacial score (nSPS) is 11.9. The molecule has 1 aromatic rings. The molecule has 128 valence electrons. The van der Waals surface area contributed by atoms with E-state index >= 15 is 0 Å². The molecule has 0 spiro atoms. The lowest BCUT2D eigenvalue weighted by Crippen LogP contribution is -2.32. The lowest BCUT2D eigenvalue weighted by Gasteiger charge is -2.14. The van der Waals surface area contributed by atoms with Crippen LogP contribution in [-0.2, 0) is 4.74 Å². The van der Waals surface area contributed by atoms with Crippen LogP contribution in [0.3, 0.4) is 0 Å². The van der Waals surface area contributed by atoms with Gasteiger partial charge in [0.1, 0.15) is 0 Å². The zero-order chi connectivity index (χ0) is 17.2. The summed E-state index contributed by atoms with van der Waals surface area (Å²) in [6, 6.07) is 6.92. The first-order valence-electron chi connectivity index (χ1n) is 8.27. The number of carbonyl (C=O) groups is 2. The molecular weight excluding hydrogens is 292 g/mol. The summed E-state index contributed by atoms with van der Waals surface area (Å²) in [6.07, 6.45) is 2.77. The molecule has 5 heteroatoms. The van der Waals surface area contributed by atoms with Crippen LogP contribution in [0.25, 0.3) is 0 Å². The molecule has 5 nitrogen and oxygen atoms in total. The molecule has 0 saturated carbocycles. The van der Waals surface area contributed by atoms with Crippen molar-refractivity contribution in [1.82, 2.24) is 5.32 Å². The average Bonchev–Trinajstić information content (AvgIpc) is 2.47. The topological polar surface area (TPSA) is 67.4 Å². The molecular formula is C18H28N2O3. The maximum Gasteiger partial charge on any atom is 0.411 e. The molecule has 0 fully saturated rings. The van der Waals surface area contributed by atoms with E-state index in [1.54, 1.807) is 31.2 Å². The van der Waals surface area contributed by atoms with Crippen molar-refractivity contribution >= 4 is 17.7 Å². The predicted octanol–water partition coefficient (Wildman–Crippen LogP) is 4.20. The third-order valence-electron chi connectivity index (χ3n) is 3.47. The third-order valence-corrected chi connectivity index (χ3v) is 3.47. The van der Waals surface area contributed by atoms with Crippen molar-refractivity contribution in [3.8, 4) is 0 Å². The summed E-state index contributed by atoms with van der Waals surface area (Å²) < 4.78 is 4.80. The maximum atomic E-state index is 12.2.